The van der Waals surface area contributed by atoms with Crippen molar-refractivity contribution in [3.8, 4) is 0 Å². The zero-order valence-electron chi connectivity index (χ0n) is 14.3. The summed E-state index contributed by atoms with van der Waals surface area (Å²) in [6.07, 6.45) is 0.703. The van der Waals surface area contributed by atoms with Crippen molar-refractivity contribution in [1.82, 2.24) is 15.0 Å². The van der Waals surface area contributed by atoms with Crippen molar-refractivity contribution in [3.63, 3.8) is 0 Å². The molecule has 0 aliphatic rings. The number of aryl methyl sites for hydroxylation is 1. The minimum Gasteiger partial charge on any atom is -0.338 e. The summed E-state index contributed by atoms with van der Waals surface area (Å²) in [4.78, 5) is 6.83. The molecule has 2 aromatic carbocycles. The largest absolute Gasteiger partial charge is 0.338 e. The Morgan fingerprint density at radius 2 is 1.75 bits per heavy atom. The van der Waals surface area contributed by atoms with Gasteiger partial charge in [-0.05, 0) is 24.6 Å². The Hall–Kier alpha value is -2.46. The quantitative estimate of drug-likeness (QED) is 0.660. The number of hydrogen-bond donors (Lipinski definition) is 0. The predicted octanol–water partition coefficient (Wildman–Crippen LogP) is 3.99. The van der Waals surface area contributed by atoms with Crippen molar-refractivity contribution >= 4 is 0 Å². The third kappa shape index (κ3) is 4.52. The van der Waals surface area contributed by atoms with Crippen LogP contribution in [0, 0.1) is 6.92 Å². The fraction of sp³-hybridized carbons (Fsp3) is 0.300. The minimum absolute atomic E-state index is 0.673. The molecule has 0 fully saturated rings. The van der Waals surface area contributed by atoms with E-state index in [1.165, 1.54) is 16.7 Å². The van der Waals surface area contributed by atoms with Crippen molar-refractivity contribution < 1.29 is 4.52 Å². The van der Waals surface area contributed by atoms with Gasteiger partial charge in [0.1, 0.15) is 0 Å². The van der Waals surface area contributed by atoms with E-state index in [-0.39, 0.29) is 0 Å². The van der Waals surface area contributed by atoms with E-state index in [2.05, 4.69) is 65.3 Å². The maximum atomic E-state index is 5.43. The van der Waals surface area contributed by atoms with Crippen LogP contribution in [-0.4, -0.2) is 21.6 Å². The second-order valence-corrected chi connectivity index (χ2v) is 6.06. The van der Waals surface area contributed by atoms with E-state index in [1.54, 1.807) is 0 Å². The molecule has 0 saturated carbocycles. The zero-order valence-corrected chi connectivity index (χ0v) is 14.3. The van der Waals surface area contributed by atoms with Crippen LogP contribution in [0.5, 0.6) is 0 Å². The van der Waals surface area contributed by atoms with Gasteiger partial charge < -0.3 is 4.52 Å². The highest BCUT2D eigenvalue weighted by Crippen LogP contribution is 2.12. The molecule has 0 bridgehead atoms. The molecule has 0 saturated heterocycles. The van der Waals surface area contributed by atoms with Gasteiger partial charge in [0.15, 0.2) is 5.82 Å². The van der Waals surface area contributed by atoms with Crippen molar-refractivity contribution in [1.29, 1.82) is 0 Å². The first kappa shape index (κ1) is 16.4. The minimum atomic E-state index is 0.673. The van der Waals surface area contributed by atoms with Crippen molar-refractivity contribution in [2.24, 2.45) is 0 Å². The third-order valence-corrected chi connectivity index (χ3v) is 4.01. The summed E-state index contributed by atoms with van der Waals surface area (Å²) in [7, 11) is 0. The monoisotopic (exact) mass is 321 g/mol. The highest BCUT2D eigenvalue weighted by Gasteiger charge is 2.12. The molecule has 0 aliphatic carbocycles. The Morgan fingerprint density at radius 1 is 0.958 bits per heavy atom. The van der Waals surface area contributed by atoms with Crippen LogP contribution in [0.3, 0.4) is 0 Å². The molecular weight excluding hydrogens is 298 g/mol. The zero-order chi connectivity index (χ0) is 16.8. The molecule has 0 unspecified atom stereocenters. The van der Waals surface area contributed by atoms with Crippen LogP contribution < -0.4 is 0 Å². The lowest BCUT2D eigenvalue weighted by Crippen LogP contribution is -2.22. The first-order chi connectivity index (χ1) is 11.7. The van der Waals surface area contributed by atoms with Crippen LogP contribution in [-0.2, 0) is 19.5 Å². The van der Waals surface area contributed by atoms with Gasteiger partial charge in [-0.1, -0.05) is 72.2 Å². The van der Waals surface area contributed by atoms with Gasteiger partial charge in [-0.3, -0.25) is 4.90 Å². The lowest BCUT2D eigenvalue weighted by Gasteiger charge is -2.18. The topological polar surface area (TPSA) is 42.2 Å². The van der Waals surface area contributed by atoms with Crippen LogP contribution in [0.4, 0.5) is 0 Å². The fourth-order valence-electron chi connectivity index (χ4n) is 2.74. The molecule has 0 aliphatic heterocycles. The second kappa shape index (κ2) is 7.88. The summed E-state index contributed by atoms with van der Waals surface area (Å²) in [6, 6.07) is 18.8. The highest BCUT2D eigenvalue weighted by atomic mass is 16.5. The van der Waals surface area contributed by atoms with E-state index in [0.29, 0.717) is 18.9 Å². The summed E-state index contributed by atoms with van der Waals surface area (Å²) in [5.74, 6) is 1.42. The second-order valence-electron chi connectivity index (χ2n) is 6.06. The Labute approximate surface area is 143 Å². The molecule has 4 heteroatoms. The Balaban J connectivity index is 1.62. The fourth-order valence-corrected chi connectivity index (χ4v) is 2.74. The molecule has 1 aromatic heterocycles. The molecule has 0 atom stereocenters. The maximum absolute atomic E-state index is 5.43. The predicted molar refractivity (Wildman–Crippen MR) is 94.5 cm³/mol. The van der Waals surface area contributed by atoms with Crippen LogP contribution in [0.25, 0.3) is 0 Å². The van der Waals surface area contributed by atoms with Gasteiger partial charge in [0.05, 0.1) is 6.54 Å². The van der Waals surface area contributed by atoms with Crippen LogP contribution in [0.2, 0.25) is 0 Å². The molecule has 3 aromatic rings. The molecule has 0 N–H and O–H groups in total. The van der Waals surface area contributed by atoms with Gasteiger partial charge in [-0.15, -0.1) is 0 Å². The van der Waals surface area contributed by atoms with Crippen molar-refractivity contribution in [3.05, 3.63) is 83.0 Å². The number of rotatable bonds is 7. The van der Waals surface area contributed by atoms with E-state index >= 15 is 0 Å². The van der Waals surface area contributed by atoms with Crippen LogP contribution in [0.15, 0.2) is 59.1 Å². The van der Waals surface area contributed by atoms with Gasteiger partial charge in [-0.25, -0.2) is 0 Å². The first-order valence-corrected chi connectivity index (χ1v) is 8.36. The van der Waals surface area contributed by atoms with E-state index < -0.39 is 0 Å². The molecule has 3 rings (SSSR count). The summed E-state index contributed by atoms with van der Waals surface area (Å²) in [6.45, 7) is 6.76. The SMILES string of the molecule is CCN(Cc1cccc(C)c1)Cc1nc(Cc2ccccc2)no1. The van der Waals surface area contributed by atoms with E-state index in [0.717, 1.165) is 18.9 Å². The highest BCUT2D eigenvalue weighted by molar-refractivity contribution is 5.22. The van der Waals surface area contributed by atoms with E-state index in [9.17, 15) is 0 Å². The van der Waals surface area contributed by atoms with Crippen LogP contribution >= 0.6 is 0 Å². The van der Waals surface area contributed by atoms with Gasteiger partial charge in [-0.2, -0.15) is 4.98 Å². The molecule has 4 nitrogen and oxygen atoms in total. The molecule has 0 radical (unpaired) electrons. The molecular formula is C20H23N3O. The number of benzene rings is 2. The van der Waals surface area contributed by atoms with Crippen molar-refractivity contribution in [2.75, 3.05) is 6.54 Å². The van der Waals surface area contributed by atoms with E-state index in [4.69, 9.17) is 4.52 Å². The third-order valence-electron chi connectivity index (χ3n) is 4.01. The van der Waals surface area contributed by atoms with Gasteiger partial charge in [0, 0.05) is 13.0 Å². The summed E-state index contributed by atoms with van der Waals surface area (Å²) in [5, 5.41) is 4.11. The Bertz CT molecular complexity index is 767. The standard InChI is InChI=1S/C20H23N3O/c1-3-23(14-18-11-7-8-16(2)12-18)15-20-21-19(22-24-20)13-17-9-5-4-6-10-17/h4-12H,3,13-15H2,1-2H3. The van der Waals surface area contributed by atoms with Crippen LogP contribution in [0.1, 0.15) is 35.3 Å². The maximum Gasteiger partial charge on any atom is 0.240 e. The summed E-state index contributed by atoms with van der Waals surface area (Å²) < 4.78 is 5.43. The Morgan fingerprint density at radius 3 is 2.50 bits per heavy atom. The Kier molecular flexibility index (Phi) is 5.39. The number of nitrogens with zero attached hydrogens (tertiary/aromatic N) is 3. The normalized spacial score (nSPS) is 11.1. The molecule has 1 heterocycles. The lowest BCUT2D eigenvalue weighted by molar-refractivity contribution is 0.228. The average Bonchev–Trinajstić information content (AvgIpc) is 3.02. The number of hydrogen-bond acceptors (Lipinski definition) is 4. The molecule has 124 valence electrons. The van der Waals surface area contributed by atoms with Gasteiger partial charge in [0.2, 0.25) is 5.89 Å². The average molecular weight is 321 g/mol. The lowest BCUT2D eigenvalue weighted by atomic mass is 10.1. The van der Waals surface area contributed by atoms with Gasteiger partial charge in [0.25, 0.3) is 0 Å². The summed E-state index contributed by atoms with van der Waals surface area (Å²) >= 11 is 0. The summed E-state index contributed by atoms with van der Waals surface area (Å²) in [5.41, 5.74) is 3.78. The smallest absolute Gasteiger partial charge is 0.240 e. The van der Waals surface area contributed by atoms with E-state index in [1.807, 2.05) is 18.2 Å². The first-order valence-electron chi connectivity index (χ1n) is 8.36. The molecule has 0 amide bonds. The van der Waals surface area contributed by atoms with Crippen molar-refractivity contribution in [2.45, 2.75) is 33.4 Å². The molecule has 0 spiro atoms. The molecule has 24 heavy (non-hydrogen) atoms. The van der Waals surface area contributed by atoms with Gasteiger partial charge >= 0.3 is 0 Å². The number of aromatic nitrogens is 2.